The summed E-state index contributed by atoms with van der Waals surface area (Å²) in [6.07, 6.45) is 2.75. The zero-order chi connectivity index (χ0) is 14.3. The van der Waals surface area contributed by atoms with Gasteiger partial charge in [-0.05, 0) is 19.3 Å². The molecule has 0 bridgehead atoms. The lowest BCUT2D eigenvalue weighted by atomic mass is 10.1. The quantitative estimate of drug-likeness (QED) is 0.541. The van der Waals surface area contributed by atoms with Crippen molar-refractivity contribution >= 4 is 29.0 Å². The van der Waals surface area contributed by atoms with E-state index in [1.165, 1.54) is 4.90 Å². The molecule has 1 fully saturated rings. The highest BCUT2D eigenvalue weighted by Crippen LogP contribution is 2.13. The van der Waals surface area contributed by atoms with Crippen LogP contribution in [0, 0.1) is 0 Å². The molecule has 1 aliphatic rings. The van der Waals surface area contributed by atoms with E-state index in [1.807, 2.05) is 6.92 Å². The topological polar surface area (TPSA) is 84.7 Å². The third-order valence-electron chi connectivity index (χ3n) is 2.84. The average Bonchev–Trinajstić information content (AvgIpc) is 2.41. The van der Waals surface area contributed by atoms with Crippen molar-refractivity contribution in [3.05, 3.63) is 0 Å². The molecular formula is C12H21N3O3S. The van der Waals surface area contributed by atoms with Gasteiger partial charge < -0.3 is 20.7 Å². The van der Waals surface area contributed by atoms with Crippen LogP contribution in [0.2, 0.25) is 0 Å². The Bertz CT molecular complexity index is 349. The van der Waals surface area contributed by atoms with Crippen molar-refractivity contribution in [2.45, 2.75) is 32.3 Å². The van der Waals surface area contributed by atoms with Crippen LogP contribution in [0.1, 0.15) is 26.2 Å². The Kier molecular flexibility index (Phi) is 6.72. The summed E-state index contributed by atoms with van der Waals surface area (Å²) in [6, 6.07) is 0. The van der Waals surface area contributed by atoms with E-state index in [2.05, 4.69) is 17.5 Å². The van der Waals surface area contributed by atoms with E-state index in [0.717, 1.165) is 19.3 Å². The number of nitrogens with one attached hydrogen (secondary N) is 1. The minimum atomic E-state index is -0.663. The second-order valence-corrected chi connectivity index (χ2v) is 5.06. The maximum atomic E-state index is 11.9. The molecule has 0 saturated carbocycles. The van der Waals surface area contributed by atoms with Gasteiger partial charge in [0.05, 0.1) is 17.6 Å². The first-order chi connectivity index (χ1) is 9.04. The number of nitrogens with zero attached hydrogens (tertiary/aromatic N) is 1. The first-order valence-electron chi connectivity index (χ1n) is 6.51. The van der Waals surface area contributed by atoms with E-state index in [1.54, 1.807) is 0 Å². The number of carbonyl (C=O) groups excluding carboxylic acids is 2. The molecule has 0 aromatic rings. The molecule has 0 aromatic carbocycles. The van der Waals surface area contributed by atoms with Gasteiger partial charge in [-0.1, -0.05) is 19.1 Å². The predicted octanol–water partition coefficient (Wildman–Crippen LogP) is -0.194. The number of rotatable bonds is 5. The Labute approximate surface area is 118 Å². The predicted molar refractivity (Wildman–Crippen MR) is 75.6 cm³/mol. The number of thiocarbonyl (C=S) groups is 1. The summed E-state index contributed by atoms with van der Waals surface area (Å²) >= 11 is 4.64. The molecule has 6 nitrogen and oxygen atoms in total. The van der Waals surface area contributed by atoms with Gasteiger partial charge >= 0.3 is 11.8 Å². The van der Waals surface area contributed by atoms with Gasteiger partial charge in [-0.15, -0.1) is 0 Å². The number of hydrogen-bond acceptors (Lipinski definition) is 4. The average molecular weight is 287 g/mol. The minimum Gasteiger partial charge on any atom is -0.392 e. The van der Waals surface area contributed by atoms with Crippen LogP contribution in [0.5, 0.6) is 0 Å². The van der Waals surface area contributed by atoms with Crippen molar-refractivity contribution in [1.29, 1.82) is 0 Å². The molecular weight excluding hydrogens is 266 g/mol. The van der Waals surface area contributed by atoms with Crippen molar-refractivity contribution in [2.75, 3.05) is 26.2 Å². The van der Waals surface area contributed by atoms with Crippen molar-refractivity contribution in [3.63, 3.8) is 0 Å². The normalized spacial score (nSPS) is 19.0. The molecule has 19 heavy (non-hydrogen) atoms. The smallest absolute Gasteiger partial charge is 0.311 e. The van der Waals surface area contributed by atoms with Gasteiger partial charge in [-0.3, -0.25) is 9.59 Å². The Morgan fingerprint density at radius 1 is 1.53 bits per heavy atom. The van der Waals surface area contributed by atoms with Gasteiger partial charge in [-0.2, -0.15) is 0 Å². The maximum absolute atomic E-state index is 11.9. The van der Waals surface area contributed by atoms with Gasteiger partial charge in [0.15, 0.2) is 0 Å². The van der Waals surface area contributed by atoms with Gasteiger partial charge in [-0.25, -0.2) is 0 Å². The largest absolute Gasteiger partial charge is 0.392 e. The van der Waals surface area contributed by atoms with Crippen LogP contribution in [-0.4, -0.2) is 54.0 Å². The Hall–Kier alpha value is -1.21. The molecule has 108 valence electrons. The van der Waals surface area contributed by atoms with E-state index >= 15 is 0 Å². The number of likely N-dealkylation sites (tertiary alicyclic amines) is 1. The lowest BCUT2D eigenvalue weighted by molar-refractivity contribution is -0.148. The highest BCUT2D eigenvalue weighted by atomic mass is 32.1. The van der Waals surface area contributed by atoms with Crippen LogP contribution < -0.4 is 11.1 Å². The third kappa shape index (κ3) is 5.52. The molecule has 3 N–H and O–H groups in total. The highest BCUT2D eigenvalue weighted by molar-refractivity contribution is 7.80. The van der Waals surface area contributed by atoms with Gasteiger partial charge in [0.25, 0.3) is 0 Å². The molecule has 0 spiro atoms. The maximum Gasteiger partial charge on any atom is 0.311 e. The monoisotopic (exact) mass is 287 g/mol. The fourth-order valence-electron chi connectivity index (χ4n) is 1.93. The first-order valence-corrected chi connectivity index (χ1v) is 6.92. The minimum absolute atomic E-state index is 0.0287. The number of piperidine rings is 1. The fraction of sp³-hybridized carbons (Fsp3) is 0.750. The molecule has 0 aliphatic carbocycles. The van der Waals surface area contributed by atoms with Crippen LogP contribution in [0.15, 0.2) is 0 Å². The Balaban J connectivity index is 2.42. The van der Waals surface area contributed by atoms with E-state index in [4.69, 9.17) is 10.5 Å². The number of carbonyl (C=O) groups is 2. The molecule has 2 amide bonds. The zero-order valence-corrected chi connectivity index (χ0v) is 12.0. The molecule has 1 saturated heterocycles. The van der Waals surface area contributed by atoms with Crippen LogP contribution >= 0.6 is 12.2 Å². The SMILES string of the molecule is CCCOC1CCCN(C(=O)C(=O)NCC(N)=S)C1. The standard InChI is InChI=1S/C12H21N3O3S/c1-2-6-18-9-4-3-5-15(8-9)12(17)11(16)14-7-10(13)19/h9H,2-8H2,1H3,(H2,13,19)(H,14,16). The van der Waals surface area contributed by atoms with E-state index in [9.17, 15) is 9.59 Å². The van der Waals surface area contributed by atoms with E-state index in [0.29, 0.717) is 19.7 Å². The highest BCUT2D eigenvalue weighted by Gasteiger charge is 2.27. The van der Waals surface area contributed by atoms with Crippen LogP contribution in [0.4, 0.5) is 0 Å². The van der Waals surface area contributed by atoms with Crippen molar-refractivity contribution < 1.29 is 14.3 Å². The third-order valence-corrected chi connectivity index (χ3v) is 2.98. The molecule has 0 radical (unpaired) electrons. The lowest BCUT2D eigenvalue weighted by Crippen LogP contribution is -2.50. The van der Waals surface area contributed by atoms with Gasteiger partial charge in [0.2, 0.25) is 0 Å². The summed E-state index contributed by atoms with van der Waals surface area (Å²) in [6.45, 7) is 3.82. The molecule has 0 aromatic heterocycles. The van der Waals surface area contributed by atoms with E-state index in [-0.39, 0.29) is 17.6 Å². The van der Waals surface area contributed by atoms with Crippen LogP contribution in [0.25, 0.3) is 0 Å². The molecule has 1 aliphatic heterocycles. The number of amides is 2. The van der Waals surface area contributed by atoms with Crippen molar-refractivity contribution in [1.82, 2.24) is 10.2 Å². The summed E-state index contributed by atoms with van der Waals surface area (Å²) < 4.78 is 5.62. The van der Waals surface area contributed by atoms with Gasteiger partial charge in [0.1, 0.15) is 0 Å². The number of hydrogen-bond donors (Lipinski definition) is 2. The molecule has 7 heteroatoms. The zero-order valence-electron chi connectivity index (χ0n) is 11.2. The van der Waals surface area contributed by atoms with E-state index < -0.39 is 11.8 Å². The number of ether oxygens (including phenoxy) is 1. The molecule has 1 heterocycles. The van der Waals surface area contributed by atoms with Crippen molar-refractivity contribution in [3.8, 4) is 0 Å². The lowest BCUT2D eigenvalue weighted by Gasteiger charge is -2.32. The second-order valence-electron chi connectivity index (χ2n) is 4.54. The molecule has 1 atom stereocenters. The Morgan fingerprint density at radius 3 is 2.89 bits per heavy atom. The Morgan fingerprint density at radius 2 is 2.26 bits per heavy atom. The van der Waals surface area contributed by atoms with Gasteiger partial charge in [0, 0.05) is 19.7 Å². The fourth-order valence-corrected chi connectivity index (χ4v) is 2.00. The summed E-state index contributed by atoms with van der Waals surface area (Å²) in [4.78, 5) is 25.2. The number of nitrogens with two attached hydrogens (primary N) is 1. The molecule has 1 rings (SSSR count). The summed E-state index contributed by atoms with van der Waals surface area (Å²) in [5.41, 5.74) is 5.27. The second kappa shape index (κ2) is 8.06. The first kappa shape index (κ1) is 15.8. The summed E-state index contributed by atoms with van der Waals surface area (Å²) in [5.74, 6) is -1.20. The van der Waals surface area contributed by atoms with Crippen LogP contribution in [0.3, 0.4) is 0 Å². The summed E-state index contributed by atoms with van der Waals surface area (Å²) in [7, 11) is 0. The van der Waals surface area contributed by atoms with Crippen LogP contribution in [-0.2, 0) is 14.3 Å². The van der Waals surface area contributed by atoms with Crippen molar-refractivity contribution in [2.24, 2.45) is 5.73 Å². The summed E-state index contributed by atoms with van der Waals surface area (Å²) in [5, 5.41) is 2.40. The molecule has 1 unspecified atom stereocenters.